The molecular weight excluding hydrogens is 491 g/mol. The predicted molar refractivity (Wildman–Crippen MR) is 145 cm³/mol. The molecule has 2 aliphatic heterocycles. The predicted octanol–water partition coefficient (Wildman–Crippen LogP) is 5.16. The molecular formula is C29H38F3N5O. The Bertz CT molecular complexity index is 1100. The maximum Gasteiger partial charge on any atom is 0.417 e. The molecule has 2 aromatic rings. The number of rotatable bonds is 6. The maximum atomic E-state index is 13.4. The quantitative estimate of drug-likeness (QED) is 0.517. The number of hydrogen-bond donors (Lipinski definition) is 0. The molecule has 0 aromatic heterocycles. The van der Waals surface area contributed by atoms with Crippen molar-refractivity contribution >= 4 is 17.3 Å². The molecule has 2 saturated heterocycles. The van der Waals surface area contributed by atoms with Crippen LogP contribution in [0.15, 0.2) is 42.5 Å². The molecule has 2 heterocycles. The van der Waals surface area contributed by atoms with Crippen molar-refractivity contribution in [2.45, 2.75) is 39.8 Å². The molecule has 206 valence electrons. The third kappa shape index (κ3) is 7.41. The lowest BCUT2D eigenvalue weighted by Gasteiger charge is -2.36. The standard InChI is InChI=1S/C28H34F3N5O.CH4/c1-22-5-8-24(9-6-22)35-16-14-33(15-17-35)11-2-4-27(37)36-13-3-12-34(18-19-36)25-10-7-23(21-32)26(20-25)28(29,30)31;/h5-10,20H,2-4,11-19H2,1H3;1H4. The normalized spacial score (nSPS) is 17.0. The van der Waals surface area contributed by atoms with E-state index in [9.17, 15) is 18.0 Å². The van der Waals surface area contributed by atoms with Crippen LogP contribution in [0.3, 0.4) is 0 Å². The lowest BCUT2D eigenvalue weighted by atomic mass is 10.1. The van der Waals surface area contributed by atoms with Gasteiger partial charge in [-0.05, 0) is 56.6 Å². The fraction of sp³-hybridized carbons (Fsp3) is 0.517. The highest BCUT2D eigenvalue weighted by atomic mass is 19.4. The van der Waals surface area contributed by atoms with Gasteiger partial charge in [-0.2, -0.15) is 18.4 Å². The highest BCUT2D eigenvalue weighted by Crippen LogP contribution is 2.34. The molecule has 9 heteroatoms. The monoisotopic (exact) mass is 529 g/mol. The topological polar surface area (TPSA) is 53.8 Å². The Labute approximate surface area is 224 Å². The van der Waals surface area contributed by atoms with Crippen LogP contribution in [0.4, 0.5) is 24.5 Å². The van der Waals surface area contributed by atoms with E-state index >= 15 is 0 Å². The van der Waals surface area contributed by atoms with Crippen LogP contribution >= 0.6 is 0 Å². The van der Waals surface area contributed by atoms with Gasteiger partial charge < -0.3 is 14.7 Å². The van der Waals surface area contributed by atoms with Gasteiger partial charge in [-0.15, -0.1) is 0 Å². The molecule has 0 spiro atoms. The minimum absolute atomic E-state index is 0. The average molecular weight is 530 g/mol. The van der Waals surface area contributed by atoms with E-state index in [-0.39, 0.29) is 18.9 Å². The number of carbonyl (C=O) groups excluding carboxylic acids is 1. The van der Waals surface area contributed by atoms with Crippen LogP contribution in [0.25, 0.3) is 0 Å². The van der Waals surface area contributed by atoms with Crippen molar-refractivity contribution in [1.82, 2.24) is 9.80 Å². The minimum Gasteiger partial charge on any atom is -0.370 e. The van der Waals surface area contributed by atoms with Crippen molar-refractivity contribution in [2.75, 3.05) is 68.7 Å². The fourth-order valence-electron chi connectivity index (χ4n) is 5.08. The summed E-state index contributed by atoms with van der Waals surface area (Å²) >= 11 is 0. The Hall–Kier alpha value is -3.25. The van der Waals surface area contributed by atoms with Gasteiger partial charge in [-0.25, -0.2) is 0 Å². The first-order chi connectivity index (χ1) is 17.7. The van der Waals surface area contributed by atoms with Crippen molar-refractivity contribution in [1.29, 1.82) is 5.26 Å². The summed E-state index contributed by atoms with van der Waals surface area (Å²) in [5, 5.41) is 9.03. The second kappa shape index (κ2) is 13.0. The molecule has 1 amide bonds. The highest BCUT2D eigenvalue weighted by molar-refractivity contribution is 5.76. The number of halogens is 3. The third-order valence-corrected chi connectivity index (χ3v) is 7.28. The lowest BCUT2D eigenvalue weighted by Crippen LogP contribution is -2.46. The van der Waals surface area contributed by atoms with Crippen LogP contribution < -0.4 is 9.80 Å². The van der Waals surface area contributed by atoms with Crippen LogP contribution in [-0.2, 0) is 11.0 Å². The van der Waals surface area contributed by atoms with Crippen molar-refractivity contribution < 1.29 is 18.0 Å². The second-order valence-electron chi connectivity index (χ2n) is 9.83. The summed E-state index contributed by atoms with van der Waals surface area (Å²) in [6.07, 6.45) is -2.61. The molecule has 2 fully saturated rings. The Kier molecular flexibility index (Phi) is 10.0. The van der Waals surface area contributed by atoms with Crippen molar-refractivity contribution in [2.24, 2.45) is 0 Å². The Morgan fingerprint density at radius 2 is 1.53 bits per heavy atom. The number of alkyl halides is 3. The van der Waals surface area contributed by atoms with Gasteiger partial charge in [0.25, 0.3) is 0 Å². The second-order valence-corrected chi connectivity index (χ2v) is 9.83. The van der Waals surface area contributed by atoms with E-state index in [0.717, 1.165) is 45.2 Å². The Balaban J connectivity index is 0.00000400. The van der Waals surface area contributed by atoms with Gasteiger partial charge in [0.05, 0.1) is 17.2 Å². The van der Waals surface area contributed by atoms with E-state index in [4.69, 9.17) is 5.26 Å². The number of carbonyl (C=O) groups is 1. The zero-order valence-electron chi connectivity index (χ0n) is 21.3. The summed E-state index contributed by atoms with van der Waals surface area (Å²) < 4.78 is 40.1. The van der Waals surface area contributed by atoms with Crippen LogP contribution in [0.2, 0.25) is 0 Å². The lowest BCUT2D eigenvalue weighted by molar-refractivity contribution is -0.137. The fourth-order valence-corrected chi connectivity index (χ4v) is 5.08. The minimum atomic E-state index is -4.58. The smallest absolute Gasteiger partial charge is 0.370 e. The molecule has 4 rings (SSSR count). The van der Waals surface area contributed by atoms with Gasteiger partial charge in [-0.1, -0.05) is 25.1 Å². The van der Waals surface area contributed by atoms with Crippen LogP contribution in [0.5, 0.6) is 0 Å². The molecule has 0 N–H and O–H groups in total. The maximum absolute atomic E-state index is 13.4. The van der Waals surface area contributed by atoms with E-state index in [1.54, 1.807) is 12.1 Å². The largest absolute Gasteiger partial charge is 0.417 e. The zero-order valence-corrected chi connectivity index (χ0v) is 21.3. The average Bonchev–Trinajstić information content (AvgIpc) is 3.15. The number of benzene rings is 2. The van der Waals surface area contributed by atoms with E-state index in [0.29, 0.717) is 44.7 Å². The van der Waals surface area contributed by atoms with Gasteiger partial charge in [-0.3, -0.25) is 9.69 Å². The highest BCUT2D eigenvalue weighted by Gasteiger charge is 2.34. The van der Waals surface area contributed by atoms with E-state index in [1.165, 1.54) is 17.3 Å². The molecule has 38 heavy (non-hydrogen) atoms. The zero-order chi connectivity index (χ0) is 26.4. The van der Waals surface area contributed by atoms with E-state index in [2.05, 4.69) is 41.0 Å². The summed E-state index contributed by atoms with van der Waals surface area (Å²) in [4.78, 5) is 21.4. The van der Waals surface area contributed by atoms with Crippen LogP contribution in [0, 0.1) is 18.3 Å². The first kappa shape index (κ1) is 29.3. The number of nitriles is 1. The Morgan fingerprint density at radius 1 is 0.895 bits per heavy atom. The summed E-state index contributed by atoms with van der Waals surface area (Å²) in [7, 11) is 0. The molecule has 0 bridgehead atoms. The molecule has 0 unspecified atom stereocenters. The van der Waals surface area contributed by atoms with Gasteiger partial charge >= 0.3 is 6.18 Å². The van der Waals surface area contributed by atoms with Gasteiger partial charge in [0.15, 0.2) is 0 Å². The molecule has 6 nitrogen and oxygen atoms in total. The summed E-state index contributed by atoms with van der Waals surface area (Å²) in [5.41, 5.74) is 1.66. The summed E-state index contributed by atoms with van der Waals surface area (Å²) in [6.45, 7) is 9.01. The number of amides is 1. The summed E-state index contributed by atoms with van der Waals surface area (Å²) in [5.74, 6) is 0.107. The van der Waals surface area contributed by atoms with Crippen molar-refractivity contribution in [3.63, 3.8) is 0 Å². The number of hydrogen-bond acceptors (Lipinski definition) is 5. The Morgan fingerprint density at radius 3 is 2.18 bits per heavy atom. The number of aryl methyl sites for hydroxylation is 1. The third-order valence-electron chi connectivity index (χ3n) is 7.28. The van der Waals surface area contributed by atoms with Gasteiger partial charge in [0.2, 0.25) is 5.91 Å². The van der Waals surface area contributed by atoms with Gasteiger partial charge in [0, 0.05) is 70.2 Å². The molecule has 0 atom stereocenters. The molecule has 0 aliphatic carbocycles. The summed E-state index contributed by atoms with van der Waals surface area (Å²) in [6, 6.07) is 14.1. The van der Waals surface area contributed by atoms with E-state index < -0.39 is 11.7 Å². The SMILES string of the molecule is C.Cc1ccc(N2CCN(CCCC(=O)N3CCCN(c4ccc(C#N)c(C(F)(F)F)c4)CC3)CC2)cc1. The number of nitrogens with zero attached hydrogens (tertiary/aromatic N) is 5. The first-order valence-electron chi connectivity index (χ1n) is 12.9. The van der Waals surface area contributed by atoms with Crippen LogP contribution in [0.1, 0.15) is 43.4 Å². The number of anilines is 2. The van der Waals surface area contributed by atoms with Crippen molar-refractivity contribution in [3.05, 3.63) is 59.2 Å². The molecule has 2 aliphatic rings. The number of piperazine rings is 1. The molecule has 2 aromatic carbocycles. The molecule has 0 radical (unpaired) electrons. The van der Waals surface area contributed by atoms with Crippen LogP contribution in [-0.4, -0.2) is 74.6 Å². The molecule has 0 saturated carbocycles. The van der Waals surface area contributed by atoms with Crippen molar-refractivity contribution in [3.8, 4) is 6.07 Å². The van der Waals surface area contributed by atoms with E-state index in [1.807, 2.05) is 9.80 Å². The first-order valence-corrected chi connectivity index (χ1v) is 12.9. The van der Waals surface area contributed by atoms with Gasteiger partial charge in [0.1, 0.15) is 0 Å².